The third kappa shape index (κ3) is 9.29. The Morgan fingerprint density at radius 2 is 1.57 bits per heavy atom. The normalized spacial score (nSPS) is 17.9. The minimum Gasteiger partial charge on any atom is -0.355 e. The van der Waals surface area contributed by atoms with Gasteiger partial charge in [0, 0.05) is 45.3 Å². The van der Waals surface area contributed by atoms with E-state index in [1.54, 1.807) is 0 Å². The van der Waals surface area contributed by atoms with Crippen LogP contribution in [0.3, 0.4) is 0 Å². The van der Waals surface area contributed by atoms with Crippen LogP contribution in [0.5, 0.6) is 0 Å². The van der Waals surface area contributed by atoms with Crippen LogP contribution in [0.4, 0.5) is 0 Å². The molecule has 28 heavy (non-hydrogen) atoms. The van der Waals surface area contributed by atoms with E-state index < -0.39 is 0 Å². The molecule has 0 aliphatic carbocycles. The molecule has 1 aromatic carbocycles. The zero-order valence-electron chi connectivity index (χ0n) is 17.2. The summed E-state index contributed by atoms with van der Waals surface area (Å²) in [7, 11) is 0. The molecule has 0 radical (unpaired) electrons. The first-order valence-electron chi connectivity index (χ1n) is 9.54. The lowest BCUT2D eigenvalue weighted by Crippen LogP contribution is -2.48. The van der Waals surface area contributed by atoms with E-state index in [1.165, 1.54) is 0 Å². The van der Waals surface area contributed by atoms with E-state index in [4.69, 9.17) is 5.73 Å². The molecule has 1 amide bonds. The van der Waals surface area contributed by atoms with Gasteiger partial charge < -0.3 is 20.9 Å². The number of nitrogens with two attached hydrogens (primary N) is 1. The number of amides is 1. The van der Waals surface area contributed by atoms with Gasteiger partial charge in [-0.15, -0.1) is 37.2 Å². The van der Waals surface area contributed by atoms with Crippen LogP contribution in [-0.2, 0) is 4.79 Å². The Morgan fingerprint density at radius 3 is 2.11 bits per heavy atom. The lowest BCUT2D eigenvalue weighted by atomic mass is 9.94. The number of nitrogens with one attached hydrogen (secondary N) is 1. The van der Waals surface area contributed by atoms with Gasteiger partial charge in [0.25, 0.3) is 0 Å². The minimum atomic E-state index is -0.265. The van der Waals surface area contributed by atoms with Crippen molar-refractivity contribution >= 4 is 43.1 Å². The fourth-order valence-electron chi connectivity index (χ4n) is 3.36. The van der Waals surface area contributed by atoms with Crippen LogP contribution in [0.25, 0.3) is 0 Å². The van der Waals surface area contributed by atoms with Gasteiger partial charge in [-0.3, -0.25) is 4.79 Å². The fraction of sp³-hybridized carbons (Fsp3) is 0.650. The molecule has 3 unspecified atom stereocenters. The Morgan fingerprint density at radius 1 is 1.04 bits per heavy atom. The third-order valence-corrected chi connectivity index (χ3v) is 5.24. The van der Waals surface area contributed by atoms with E-state index in [0.29, 0.717) is 12.5 Å². The Labute approximate surface area is 189 Å². The first-order valence-corrected chi connectivity index (χ1v) is 9.54. The van der Waals surface area contributed by atoms with Gasteiger partial charge >= 0.3 is 0 Å². The largest absolute Gasteiger partial charge is 0.355 e. The smallest absolute Gasteiger partial charge is 0.224 e. The standard InChI is InChI=1S/C20H34N4O.3ClH/c1-4-23-10-12-24(13-11-23)15-16(2)14-22-20(25)17(3)19(21)18-8-6-5-7-9-18;;;/h5-9,16-17,19H,4,10-15,21H2,1-3H3,(H,22,25);3*1H. The van der Waals surface area contributed by atoms with Gasteiger partial charge in [-0.05, 0) is 18.0 Å². The minimum absolute atomic E-state index is 0. The van der Waals surface area contributed by atoms with E-state index in [2.05, 4.69) is 29.0 Å². The molecule has 1 saturated heterocycles. The van der Waals surface area contributed by atoms with E-state index in [1.807, 2.05) is 37.3 Å². The summed E-state index contributed by atoms with van der Waals surface area (Å²) >= 11 is 0. The summed E-state index contributed by atoms with van der Waals surface area (Å²) < 4.78 is 0. The van der Waals surface area contributed by atoms with Crippen LogP contribution >= 0.6 is 37.2 Å². The lowest BCUT2D eigenvalue weighted by Gasteiger charge is -2.35. The summed E-state index contributed by atoms with van der Waals surface area (Å²) in [6.07, 6.45) is 0. The maximum atomic E-state index is 12.4. The number of piperazine rings is 1. The van der Waals surface area contributed by atoms with Crippen LogP contribution in [0, 0.1) is 11.8 Å². The van der Waals surface area contributed by atoms with Gasteiger partial charge in [0.1, 0.15) is 0 Å². The molecule has 164 valence electrons. The molecule has 3 N–H and O–H groups in total. The van der Waals surface area contributed by atoms with Crippen molar-refractivity contribution in [1.29, 1.82) is 0 Å². The van der Waals surface area contributed by atoms with Gasteiger partial charge in [-0.2, -0.15) is 0 Å². The topological polar surface area (TPSA) is 61.6 Å². The van der Waals surface area contributed by atoms with Gasteiger partial charge in [0.15, 0.2) is 0 Å². The Balaban J connectivity index is 0. The Hall–Kier alpha value is -0.560. The molecule has 3 atom stereocenters. The summed E-state index contributed by atoms with van der Waals surface area (Å²) in [6, 6.07) is 9.57. The van der Waals surface area contributed by atoms with Crippen LogP contribution in [-0.4, -0.2) is 61.5 Å². The van der Waals surface area contributed by atoms with Gasteiger partial charge in [-0.25, -0.2) is 0 Å². The second-order valence-electron chi connectivity index (χ2n) is 7.31. The molecular weight excluding hydrogens is 419 g/mol. The molecule has 0 saturated carbocycles. The van der Waals surface area contributed by atoms with E-state index in [0.717, 1.165) is 44.8 Å². The molecule has 0 spiro atoms. The number of nitrogens with zero attached hydrogens (tertiary/aromatic N) is 2. The summed E-state index contributed by atoms with van der Waals surface area (Å²) in [5.74, 6) is 0.249. The molecule has 8 heteroatoms. The lowest BCUT2D eigenvalue weighted by molar-refractivity contribution is -0.125. The molecule has 0 aromatic heterocycles. The van der Waals surface area contributed by atoms with Crippen molar-refractivity contribution in [2.24, 2.45) is 17.6 Å². The molecular formula is C20H37Cl3N4O. The number of hydrogen-bond acceptors (Lipinski definition) is 4. The highest BCUT2D eigenvalue weighted by Crippen LogP contribution is 2.19. The molecule has 1 heterocycles. The summed E-state index contributed by atoms with van der Waals surface area (Å²) in [4.78, 5) is 17.4. The van der Waals surface area contributed by atoms with Crippen molar-refractivity contribution in [3.63, 3.8) is 0 Å². The molecule has 0 bridgehead atoms. The molecule has 1 aliphatic heterocycles. The zero-order chi connectivity index (χ0) is 18.2. The van der Waals surface area contributed by atoms with Crippen molar-refractivity contribution in [2.45, 2.75) is 26.8 Å². The summed E-state index contributed by atoms with van der Waals surface area (Å²) in [6.45, 7) is 13.8. The highest BCUT2D eigenvalue weighted by atomic mass is 35.5. The predicted octanol–water partition coefficient (Wildman–Crippen LogP) is 2.98. The number of carbonyl (C=O) groups is 1. The molecule has 1 fully saturated rings. The average Bonchev–Trinajstić information content (AvgIpc) is 2.66. The number of hydrogen-bond donors (Lipinski definition) is 2. The number of halogens is 3. The van der Waals surface area contributed by atoms with Crippen molar-refractivity contribution in [3.8, 4) is 0 Å². The van der Waals surface area contributed by atoms with Crippen molar-refractivity contribution in [2.75, 3.05) is 45.8 Å². The number of rotatable bonds is 8. The number of likely N-dealkylation sites (N-methyl/N-ethyl adjacent to an activating group) is 1. The van der Waals surface area contributed by atoms with Gasteiger partial charge in [0.05, 0.1) is 5.92 Å². The maximum absolute atomic E-state index is 12.4. The molecule has 1 aromatic rings. The van der Waals surface area contributed by atoms with E-state index >= 15 is 0 Å². The maximum Gasteiger partial charge on any atom is 0.224 e. The number of carbonyl (C=O) groups excluding carboxylic acids is 1. The first kappa shape index (κ1) is 29.6. The monoisotopic (exact) mass is 454 g/mol. The molecule has 2 rings (SSSR count). The van der Waals surface area contributed by atoms with Crippen LogP contribution in [0.2, 0.25) is 0 Å². The Bertz CT molecular complexity index is 527. The quantitative estimate of drug-likeness (QED) is 0.632. The summed E-state index contributed by atoms with van der Waals surface area (Å²) in [5.41, 5.74) is 7.25. The van der Waals surface area contributed by atoms with Crippen LogP contribution in [0.15, 0.2) is 30.3 Å². The number of benzene rings is 1. The van der Waals surface area contributed by atoms with Crippen LogP contribution < -0.4 is 11.1 Å². The Kier molecular flexibility index (Phi) is 16.2. The van der Waals surface area contributed by atoms with Crippen LogP contribution in [0.1, 0.15) is 32.4 Å². The van der Waals surface area contributed by atoms with E-state index in [-0.39, 0.29) is 55.1 Å². The summed E-state index contributed by atoms with van der Waals surface area (Å²) in [5, 5.41) is 3.09. The highest BCUT2D eigenvalue weighted by Gasteiger charge is 2.23. The third-order valence-electron chi connectivity index (χ3n) is 5.24. The molecule has 1 aliphatic rings. The zero-order valence-corrected chi connectivity index (χ0v) is 19.6. The average molecular weight is 456 g/mol. The first-order chi connectivity index (χ1) is 12.0. The van der Waals surface area contributed by atoms with E-state index in [9.17, 15) is 4.79 Å². The molecule has 5 nitrogen and oxygen atoms in total. The van der Waals surface area contributed by atoms with Crippen molar-refractivity contribution in [1.82, 2.24) is 15.1 Å². The van der Waals surface area contributed by atoms with Gasteiger partial charge in [-0.1, -0.05) is 51.1 Å². The van der Waals surface area contributed by atoms with Crippen molar-refractivity contribution < 1.29 is 4.79 Å². The second-order valence-corrected chi connectivity index (χ2v) is 7.31. The van der Waals surface area contributed by atoms with Gasteiger partial charge in [0.2, 0.25) is 5.91 Å². The highest BCUT2D eigenvalue weighted by molar-refractivity contribution is 5.86. The fourth-order valence-corrected chi connectivity index (χ4v) is 3.36. The van der Waals surface area contributed by atoms with Crippen molar-refractivity contribution in [3.05, 3.63) is 35.9 Å². The predicted molar refractivity (Wildman–Crippen MR) is 125 cm³/mol. The second kappa shape index (κ2) is 15.3. The SMILES string of the molecule is CCN1CCN(CC(C)CNC(=O)C(C)C(N)c2ccccc2)CC1.Cl.Cl.Cl.